The van der Waals surface area contributed by atoms with E-state index in [2.05, 4.69) is 21.2 Å². The zero-order chi connectivity index (χ0) is 13.1. The molecule has 2 nitrogen and oxygen atoms in total. The Morgan fingerprint density at radius 2 is 2.00 bits per heavy atom. The SMILES string of the molecule is O=C(NC1CCC(Br)CC1)c1ccc(F)c(Cl)c1. The van der Waals surface area contributed by atoms with Gasteiger partial charge >= 0.3 is 0 Å². The van der Waals surface area contributed by atoms with Crippen LogP contribution in [0.5, 0.6) is 0 Å². The van der Waals surface area contributed by atoms with Crippen LogP contribution in [-0.2, 0) is 0 Å². The van der Waals surface area contributed by atoms with Crippen LogP contribution in [-0.4, -0.2) is 16.8 Å². The maximum absolute atomic E-state index is 13.0. The molecule has 1 aliphatic carbocycles. The number of rotatable bonds is 2. The Morgan fingerprint density at radius 3 is 2.61 bits per heavy atom. The van der Waals surface area contributed by atoms with Crippen LogP contribution in [0.25, 0.3) is 0 Å². The number of amides is 1. The molecule has 0 radical (unpaired) electrons. The summed E-state index contributed by atoms with van der Waals surface area (Å²) in [4.78, 5) is 12.5. The first-order valence-electron chi connectivity index (χ1n) is 5.96. The topological polar surface area (TPSA) is 29.1 Å². The molecule has 1 saturated carbocycles. The van der Waals surface area contributed by atoms with Gasteiger partial charge in [0.1, 0.15) is 5.82 Å². The van der Waals surface area contributed by atoms with Crippen molar-refractivity contribution in [1.82, 2.24) is 5.32 Å². The molecule has 0 saturated heterocycles. The molecule has 0 aliphatic heterocycles. The zero-order valence-electron chi connectivity index (χ0n) is 9.76. The van der Waals surface area contributed by atoms with Gasteiger partial charge in [0.2, 0.25) is 0 Å². The molecule has 1 aliphatic rings. The van der Waals surface area contributed by atoms with E-state index >= 15 is 0 Å². The van der Waals surface area contributed by atoms with Crippen LogP contribution in [0.15, 0.2) is 18.2 Å². The smallest absolute Gasteiger partial charge is 0.251 e. The maximum Gasteiger partial charge on any atom is 0.251 e. The van der Waals surface area contributed by atoms with Gasteiger partial charge in [-0.2, -0.15) is 0 Å². The summed E-state index contributed by atoms with van der Waals surface area (Å²) < 4.78 is 13.0. The average molecular weight is 335 g/mol. The highest BCUT2D eigenvalue weighted by Crippen LogP contribution is 2.24. The zero-order valence-corrected chi connectivity index (χ0v) is 12.1. The van der Waals surface area contributed by atoms with Crippen LogP contribution >= 0.6 is 27.5 Å². The van der Waals surface area contributed by atoms with E-state index in [0.717, 1.165) is 25.7 Å². The van der Waals surface area contributed by atoms with Crippen molar-refractivity contribution in [3.8, 4) is 0 Å². The van der Waals surface area contributed by atoms with E-state index in [4.69, 9.17) is 11.6 Å². The maximum atomic E-state index is 13.0. The number of carbonyl (C=O) groups excluding carboxylic acids is 1. The molecule has 18 heavy (non-hydrogen) atoms. The lowest BCUT2D eigenvalue weighted by Gasteiger charge is -2.26. The molecule has 0 bridgehead atoms. The van der Waals surface area contributed by atoms with E-state index < -0.39 is 5.82 Å². The van der Waals surface area contributed by atoms with Crippen molar-refractivity contribution >= 4 is 33.4 Å². The predicted octanol–water partition coefficient (Wildman–Crippen LogP) is 3.92. The van der Waals surface area contributed by atoms with Crippen LogP contribution in [0.4, 0.5) is 4.39 Å². The minimum absolute atomic E-state index is 0.0215. The standard InChI is InChI=1S/C13H14BrClFNO/c14-9-2-4-10(5-3-9)17-13(18)8-1-6-12(16)11(15)7-8/h1,6-7,9-10H,2-5H2,(H,17,18). The number of nitrogens with one attached hydrogen (secondary N) is 1. The third-order valence-corrected chi connectivity index (χ3v) is 4.38. The first kappa shape index (κ1) is 13.8. The van der Waals surface area contributed by atoms with Gasteiger partial charge in [0.15, 0.2) is 0 Å². The summed E-state index contributed by atoms with van der Waals surface area (Å²) in [6.45, 7) is 0. The van der Waals surface area contributed by atoms with E-state index in [1.165, 1.54) is 18.2 Å². The largest absolute Gasteiger partial charge is 0.349 e. The fraction of sp³-hybridized carbons (Fsp3) is 0.462. The molecule has 1 amide bonds. The van der Waals surface area contributed by atoms with Crippen molar-refractivity contribution in [3.05, 3.63) is 34.6 Å². The van der Waals surface area contributed by atoms with Gasteiger partial charge in [0.25, 0.3) is 5.91 Å². The Balaban J connectivity index is 1.97. The predicted molar refractivity (Wildman–Crippen MR) is 73.8 cm³/mol. The Labute approximate surface area is 119 Å². The van der Waals surface area contributed by atoms with Crippen LogP contribution in [0.3, 0.4) is 0 Å². The summed E-state index contributed by atoms with van der Waals surface area (Å²) in [7, 11) is 0. The monoisotopic (exact) mass is 333 g/mol. The minimum Gasteiger partial charge on any atom is -0.349 e. The molecule has 0 spiro atoms. The molecular weight excluding hydrogens is 321 g/mol. The van der Waals surface area contributed by atoms with Gasteiger partial charge in [-0.15, -0.1) is 0 Å². The molecule has 2 rings (SSSR count). The lowest BCUT2D eigenvalue weighted by Crippen LogP contribution is -2.37. The van der Waals surface area contributed by atoms with E-state index in [1.54, 1.807) is 0 Å². The minimum atomic E-state index is -0.506. The van der Waals surface area contributed by atoms with Crippen molar-refractivity contribution in [1.29, 1.82) is 0 Å². The summed E-state index contributed by atoms with van der Waals surface area (Å²) in [6.07, 6.45) is 4.07. The van der Waals surface area contributed by atoms with E-state index in [-0.39, 0.29) is 17.0 Å². The fourth-order valence-corrected chi connectivity index (χ4v) is 2.81. The summed E-state index contributed by atoms with van der Waals surface area (Å²) in [5.41, 5.74) is 0.405. The normalized spacial score (nSPS) is 23.7. The summed E-state index contributed by atoms with van der Waals surface area (Å²) in [5.74, 6) is -0.692. The number of carbonyl (C=O) groups is 1. The number of hydrogen-bond acceptors (Lipinski definition) is 1. The average Bonchev–Trinajstić information content (AvgIpc) is 2.35. The van der Waals surface area contributed by atoms with E-state index in [0.29, 0.717) is 10.4 Å². The Bertz CT molecular complexity index is 447. The molecular formula is C13H14BrClFNO. The first-order valence-corrected chi connectivity index (χ1v) is 7.25. The molecule has 5 heteroatoms. The van der Waals surface area contributed by atoms with Gasteiger partial charge in [-0.3, -0.25) is 4.79 Å². The lowest BCUT2D eigenvalue weighted by molar-refractivity contribution is 0.0928. The fourth-order valence-electron chi connectivity index (χ4n) is 2.10. The van der Waals surface area contributed by atoms with Gasteiger partial charge in [0.05, 0.1) is 5.02 Å². The van der Waals surface area contributed by atoms with E-state index in [1.807, 2.05) is 0 Å². The van der Waals surface area contributed by atoms with Crippen molar-refractivity contribution in [2.75, 3.05) is 0 Å². The lowest BCUT2D eigenvalue weighted by atomic mass is 9.95. The van der Waals surface area contributed by atoms with Gasteiger partial charge in [-0.1, -0.05) is 27.5 Å². The highest BCUT2D eigenvalue weighted by Gasteiger charge is 2.21. The molecule has 98 valence electrons. The second-order valence-electron chi connectivity index (χ2n) is 4.55. The molecule has 1 aromatic rings. The summed E-state index contributed by atoms with van der Waals surface area (Å²) in [6, 6.07) is 4.23. The molecule has 1 aromatic carbocycles. The highest BCUT2D eigenvalue weighted by atomic mass is 79.9. The second-order valence-corrected chi connectivity index (χ2v) is 6.25. The van der Waals surface area contributed by atoms with Crippen molar-refractivity contribution in [2.45, 2.75) is 36.6 Å². The number of halogens is 3. The Hall–Kier alpha value is -0.610. The molecule has 1 fully saturated rings. The first-order chi connectivity index (χ1) is 8.56. The van der Waals surface area contributed by atoms with Crippen molar-refractivity contribution in [3.63, 3.8) is 0 Å². The highest BCUT2D eigenvalue weighted by molar-refractivity contribution is 9.09. The van der Waals surface area contributed by atoms with Gasteiger partial charge in [-0.25, -0.2) is 4.39 Å². The van der Waals surface area contributed by atoms with E-state index in [9.17, 15) is 9.18 Å². The van der Waals surface area contributed by atoms with Gasteiger partial charge in [-0.05, 0) is 43.9 Å². The molecule has 0 unspecified atom stereocenters. The van der Waals surface area contributed by atoms with Gasteiger partial charge in [0, 0.05) is 16.4 Å². The third-order valence-electron chi connectivity index (χ3n) is 3.17. The van der Waals surface area contributed by atoms with Crippen molar-refractivity contribution in [2.24, 2.45) is 0 Å². The summed E-state index contributed by atoms with van der Waals surface area (Å²) >= 11 is 9.23. The molecule has 0 aromatic heterocycles. The quantitative estimate of drug-likeness (QED) is 0.816. The Kier molecular flexibility index (Phi) is 4.62. The van der Waals surface area contributed by atoms with Crippen LogP contribution < -0.4 is 5.32 Å². The van der Waals surface area contributed by atoms with Crippen LogP contribution in [0, 0.1) is 5.82 Å². The second kappa shape index (κ2) is 6.02. The Morgan fingerprint density at radius 1 is 1.33 bits per heavy atom. The van der Waals surface area contributed by atoms with Gasteiger partial charge < -0.3 is 5.32 Å². The number of hydrogen-bond donors (Lipinski definition) is 1. The molecule has 1 N–H and O–H groups in total. The van der Waals surface area contributed by atoms with Crippen LogP contribution in [0.1, 0.15) is 36.0 Å². The van der Waals surface area contributed by atoms with Crippen molar-refractivity contribution < 1.29 is 9.18 Å². The molecule has 0 atom stereocenters. The number of benzene rings is 1. The molecule has 0 heterocycles. The third kappa shape index (κ3) is 3.45. The summed E-state index contributed by atoms with van der Waals surface area (Å²) in [5, 5.41) is 2.94. The van der Waals surface area contributed by atoms with Crippen LogP contribution in [0.2, 0.25) is 5.02 Å². The number of alkyl halides is 1.